The highest BCUT2D eigenvalue weighted by Crippen LogP contribution is 2.22. The molecule has 21 heavy (non-hydrogen) atoms. The molecular formula is C17H22N2O2. The van der Waals surface area contributed by atoms with Crippen LogP contribution in [0.2, 0.25) is 0 Å². The Hall–Kier alpha value is -1.97. The van der Waals surface area contributed by atoms with Crippen molar-refractivity contribution in [3.63, 3.8) is 0 Å². The van der Waals surface area contributed by atoms with Gasteiger partial charge < -0.3 is 0 Å². The van der Waals surface area contributed by atoms with Crippen LogP contribution in [0.25, 0.3) is 0 Å². The van der Waals surface area contributed by atoms with Crippen LogP contribution in [0.5, 0.6) is 0 Å². The van der Waals surface area contributed by atoms with Gasteiger partial charge in [0.05, 0.1) is 12.3 Å². The van der Waals surface area contributed by atoms with Gasteiger partial charge in [-0.3, -0.25) is 9.59 Å². The minimum Gasteiger partial charge on any atom is -0.272 e. The normalized spacial score (nSPS) is 16.3. The third-order valence-corrected chi connectivity index (χ3v) is 3.62. The van der Waals surface area contributed by atoms with Crippen LogP contribution in [-0.4, -0.2) is 22.5 Å². The van der Waals surface area contributed by atoms with Crippen LogP contribution in [0, 0.1) is 5.92 Å². The van der Waals surface area contributed by atoms with Gasteiger partial charge in [0.1, 0.15) is 0 Å². The summed E-state index contributed by atoms with van der Waals surface area (Å²) in [6, 6.07) is 8.05. The SMILES string of the molecule is CC1=NN(C(=O)C(C)c2ccc(CC(C)C)cc2)C(=O)C1. The van der Waals surface area contributed by atoms with E-state index in [4.69, 9.17) is 0 Å². The van der Waals surface area contributed by atoms with Crippen molar-refractivity contribution >= 4 is 17.5 Å². The molecule has 4 nitrogen and oxygen atoms in total. The van der Waals surface area contributed by atoms with Gasteiger partial charge in [-0.25, -0.2) is 0 Å². The molecule has 2 rings (SSSR count). The molecule has 2 amide bonds. The van der Waals surface area contributed by atoms with E-state index in [1.165, 1.54) is 5.56 Å². The summed E-state index contributed by atoms with van der Waals surface area (Å²) in [5.41, 5.74) is 2.87. The number of rotatable bonds is 4. The van der Waals surface area contributed by atoms with Crippen LogP contribution >= 0.6 is 0 Å². The van der Waals surface area contributed by atoms with E-state index in [0.29, 0.717) is 11.6 Å². The quantitative estimate of drug-likeness (QED) is 0.854. The maximum absolute atomic E-state index is 12.4. The second-order valence-corrected chi connectivity index (χ2v) is 6.12. The molecule has 1 aromatic carbocycles. The number of hydrogen-bond donors (Lipinski definition) is 0. The van der Waals surface area contributed by atoms with Crippen molar-refractivity contribution in [1.82, 2.24) is 5.01 Å². The highest BCUT2D eigenvalue weighted by atomic mass is 16.2. The third-order valence-electron chi connectivity index (χ3n) is 3.62. The number of benzene rings is 1. The van der Waals surface area contributed by atoms with Crippen LogP contribution < -0.4 is 0 Å². The number of imide groups is 1. The Labute approximate surface area is 125 Å². The molecule has 1 aliphatic heterocycles. The molecule has 1 unspecified atom stereocenters. The predicted molar refractivity (Wildman–Crippen MR) is 83.0 cm³/mol. The lowest BCUT2D eigenvalue weighted by atomic mass is 9.96. The number of hydrazone groups is 1. The Bertz CT molecular complexity index is 573. The summed E-state index contributed by atoms with van der Waals surface area (Å²) in [6.45, 7) is 7.94. The second kappa shape index (κ2) is 6.20. The van der Waals surface area contributed by atoms with E-state index in [1.54, 1.807) is 6.92 Å². The van der Waals surface area contributed by atoms with E-state index in [9.17, 15) is 9.59 Å². The predicted octanol–water partition coefficient (Wildman–Crippen LogP) is 3.12. The van der Waals surface area contributed by atoms with E-state index in [0.717, 1.165) is 17.0 Å². The third kappa shape index (κ3) is 3.57. The van der Waals surface area contributed by atoms with Crippen LogP contribution in [0.3, 0.4) is 0 Å². The average Bonchev–Trinajstić information content (AvgIpc) is 2.76. The van der Waals surface area contributed by atoms with Crippen molar-refractivity contribution < 1.29 is 9.59 Å². The summed E-state index contributed by atoms with van der Waals surface area (Å²) < 4.78 is 0. The molecule has 1 aliphatic rings. The summed E-state index contributed by atoms with van der Waals surface area (Å²) >= 11 is 0. The van der Waals surface area contributed by atoms with Crippen LogP contribution in [0.1, 0.15) is 51.2 Å². The number of hydrogen-bond acceptors (Lipinski definition) is 3. The first kappa shape index (κ1) is 15.4. The summed E-state index contributed by atoms with van der Waals surface area (Å²) in [6.07, 6.45) is 1.27. The number of amides is 2. The molecule has 4 heteroatoms. The fraction of sp³-hybridized carbons (Fsp3) is 0.471. The number of carbonyl (C=O) groups excluding carboxylic acids is 2. The first-order valence-electron chi connectivity index (χ1n) is 7.38. The molecule has 1 aromatic rings. The van der Waals surface area contributed by atoms with Gasteiger partial charge in [0.25, 0.3) is 11.8 Å². The van der Waals surface area contributed by atoms with Crippen molar-refractivity contribution in [3.05, 3.63) is 35.4 Å². The first-order chi connectivity index (χ1) is 9.88. The summed E-state index contributed by atoms with van der Waals surface area (Å²) in [7, 11) is 0. The fourth-order valence-electron chi connectivity index (χ4n) is 2.47. The molecule has 0 saturated heterocycles. The van der Waals surface area contributed by atoms with E-state index >= 15 is 0 Å². The van der Waals surface area contributed by atoms with Gasteiger partial charge in [0, 0.05) is 5.71 Å². The molecule has 1 atom stereocenters. The lowest BCUT2D eigenvalue weighted by molar-refractivity contribution is -0.143. The van der Waals surface area contributed by atoms with Gasteiger partial charge in [-0.15, -0.1) is 0 Å². The van der Waals surface area contributed by atoms with Crippen molar-refractivity contribution in [2.75, 3.05) is 0 Å². The average molecular weight is 286 g/mol. The Kier molecular flexibility index (Phi) is 4.56. The van der Waals surface area contributed by atoms with Gasteiger partial charge >= 0.3 is 0 Å². The van der Waals surface area contributed by atoms with E-state index in [2.05, 4.69) is 31.1 Å². The Morgan fingerprint density at radius 1 is 1.24 bits per heavy atom. The largest absolute Gasteiger partial charge is 0.272 e. The second-order valence-electron chi connectivity index (χ2n) is 6.12. The molecule has 0 N–H and O–H groups in total. The van der Waals surface area contributed by atoms with Crippen molar-refractivity contribution in [2.24, 2.45) is 11.0 Å². The van der Waals surface area contributed by atoms with Crippen molar-refractivity contribution in [1.29, 1.82) is 0 Å². The number of nitrogens with zero attached hydrogens (tertiary/aromatic N) is 2. The molecule has 0 spiro atoms. The Morgan fingerprint density at radius 3 is 2.33 bits per heavy atom. The smallest absolute Gasteiger partial charge is 0.257 e. The molecule has 112 valence electrons. The van der Waals surface area contributed by atoms with E-state index in [1.807, 2.05) is 19.1 Å². The Balaban J connectivity index is 2.11. The Morgan fingerprint density at radius 2 is 1.86 bits per heavy atom. The minimum atomic E-state index is -0.364. The maximum atomic E-state index is 12.4. The number of carbonyl (C=O) groups is 2. The van der Waals surface area contributed by atoms with Crippen LogP contribution in [0.15, 0.2) is 29.4 Å². The fourth-order valence-corrected chi connectivity index (χ4v) is 2.47. The maximum Gasteiger partial charge on any atom is 0.257 e. The molecular weight excluding hydrogens is 264 g/mol. The zero-order chi connectivity index (χ0) is 15.6. The summed E-state index contributed by atoms with van der Waals surface area (Å²) in [4.78, 5) is 24.1. The zero-order valence-corrected chi connectivity index (χ0v) is 13.1. The molecule has 0 bridgehead atoms. The first-order valence-corrected chi connectivity index (χ1v) is 7.38. The zero-order valence-electron chi connectivity index (χ0n) is 13.1. The van der Waals surface area contributed by atoms with Gasteiger partial charge in [-0.2, -0.15) is 10.1 Å². The van der Waals surface area contributed by atoms with Crippen molar-refractivity contribution in [2.45, 2.75) is 46.5 Å². The van der Waals surface area contributed by atoms with Gasteiger partial charge in [0.2, 0.25) is 0 Å². The van der Waals surface area contributed by atoms with Gasteiger partial charge in [-0.05, 0) is 37.3 Å². The van der Waals surface area contributed by atoms with Crippen LogP contribution in [0.4, 0.5) is 0 Å². The lowest BCUT2D eigenvalue weighted by Crippen LogP contribution is -2.32. The molecule has 0 aliphatic carbocycles. The molecule has 0 radical (unpaired) electrons. The van der Waals surface area contributed by atoms with Crippen LogP contribution in [-0.2, 0) is 16.0 Å². The highest BCUT2D eigenvalue weighted by Gasteiger charge is 2.31. The van der Waals surface area contributed by atoms with Gasteiger partial charge in [0.15, 0.2) is 0 Å². The molecule has 1 heterocycles. The molecule has 0 fully saturated rings. The van der Waals surface area contributed by atoms with Crippen molar-refractivity contribution in [3.8, 4) is 0 Å². The van der Waals surface area contributed by atoms with E-state index in [-0.39, 0.29) is 24.2 Å². The standard InChI is InChI=1S/C17H22N2O2/c1-11(2)9-14-5-7-15(8-6-14)13(4)17(21)19-16(20)10-12(3)18-19/h5-8,11,13H,9-10H2,1-4H3. The summed E-state index contributed by atoms with van der Waals surface area (Å²) in [5.74, 6) is -0.250. The highest BCUT2D eigenvalue weighted by molar-refractivity contribution is 6.11. The lowest BCUT2D eigenvalue weighted by Gasteiger charge is -2.16. The van der Waals surface area contributed by atoms with E-state index < -0.39 is 0 Å². The minimum absolute atomic E-state index is 0.235. The van der Waals surface area contributed by atoms with Gasteiger partial charge in [-0.1, -0.05) is 38.1 Å². The summed E-state index contributed by atoms with van der Waals surface area (Å²) in [5, 5.41) is 5.04. The topological polar surface area (TPSA) is 49.7 Å². The molecule has 0 saturated carbocycles. The monoisotopic (exact) mass is 286 g/mol. The molecule has 0 aromatic heterocycles.